The van der Waals surface area contributed by atoms with Crippen molar-refractivity contribution in [1.29, 1.82) is 0 Å². The van der Waals surface area contributed by atoms with Crippen LogP contribution in [-0.2, 0) is 9.53 Å². The molecule has 1 saturated carbocycles. The maximum absolute atomic E-state index is 12.1. The Morgan fingerprint density at radius 3 is 2.85 bits per heavy atom. The topological polar surface area (TPSA) is 50.4 Å². The standard InChI is InChI=1S/C15H20N2O2S/c18-14(13-10-19-9-8-16-13)17-11-15(6-7-15)20-12-4-2-1-3-5-12/h1-5,13,16H,6-11H2,(H,17,18)/t13-/m0/s1. The molecule has 4 nitrogen and oxygen atoms in total. The molecule has 1 aromatic carbocycles. The van der Waals surface area contributed by atoms with Gasteiger partial charge in [-0.1, -0.05) is 18.2 Å². The zero-order chi connectivity index (χ0) is 13.8. The number of ether oxygens (including phenoxy) is 1. The van der Waals surface area contributed by atoms with Crippen LogP contribution in [0.1, 0.15) is 12.8 Å². The van der Waals surface area contributed by atoms with Gasteiger partial charge in [-0.05, 0) is 25.0 Å². The van der Waals surface area contributed by atoms with Gasteiger partial charge in [-0.3, -0.25) is 4.79 Å². The molecule has 1 atom stereocenters. The molecule has 1 aromatic rings. The van der Waals surface area contributed by atoms with Crippen molar-refractivity contribution in [1.82, 2.24) is 10.6 Å². The maximum atomic E-state index is 12.1. The summed E-state index contributed by atoms with van der Waals surface area (Å²) in [6, 6.07) is 10.2. The smallest absolute Gasteiger partial charge is 0.239 e. The number of carbonyl (C=O) groups excluding carboxylic acids is 1. The van der Waals surface area contributed by atoms with Crippen LogP contribution in [0.25, 0.3) is 0 Å². The second-order valence-electron chi connectivity index (χ2n) is 5.40. The molecule has 0 aromatic heterocycles. The van der Waals surface area contributed by atoms with Crippen LogP contribution < -0.4 is 10.6 Å². The lowest BCUT2D eigenvalue weighted by Gasteiger charge is -2.24. The Balaban J connectivity index is 1.49. The van der Waals surface area contributed by atoms with Gasteiger partial charge >= 0.3 is 0 Å². The van der Waals surface area contributed by atoms with Gasteiger partial charge in [-0.25, -0.2) is 0 Å². The first kappa shape index (κ1) is 13.9. The van der Waals surface area contributed by atoms with Gasteiger partial charge in [0.15, 0.2) is 0 Å². The first-order chi connectivity index (χ1) is 9.77. The summed E-state index contributed by atoms with van der Waals surface area (Å²) in [7, 11) is 0. The third-order valence-electron chi connectivity index (χ3n) is 3.71. The summed E-state index contributed by atoms with van der Waals surface area (Å²) in [5.41, 5.74) is 0. The molecule has 1 aliphatic heterocycles. The van der Waals surface area contributed by atoms with E-state index in [1.54, 1.807) is 0 Å². The molecule has 0 unspecified atom stereocenters. The summed E-state index contributed by atoms with van der Waals surface area (Å²) in [4.78, 5) is 13.3. The zero-order valence-corrected chi connectivity index (χ0v) is 12.2. The van der Waals surface area contributed by atoms with Crippen LogP contribution in [0.2, 0.25) is 0 Å². The quantitative estimate of drug-likeness (QED) is 0.862. The van der Waals surface area contributed by atoms with Gasteiger partial charge < -0.3 is 15.4 Å². The van der Waals surface area contributed by atoms with Gasteiger partial charge in [0.05, 0.1) is 13.2 Å². The first-order valence-electron chi connectivity index (χ1n) is 7.10. The van der Waals surface area contributed by atoms with Gasteiger partial charge in [0.1, 0.15) is 6.04 Å². The fourth-order valence-corrected chi connectivity index (χ4v) is 3.54. The van der Waals surface area contributed by atoms with E-state index in [9.17, 15) is 4.79 Å². The first-order valence-corrected chi connectivity index (χ1v) is 7.92. The van der Waals surface area contributed by atoms with Crippen LogP contribution in [0.3, 0.4) is 0 Å². The second-order valence-corrected chi connectivity index (χ2v) is 6.94. The van der Waals surface area contributed by atoms with E-state index in [1.807, 2.05) is 17.8 Å². The predicted octanol–water partition coefficient (Wildman–Crippen LogP) is 1.42. The third kappa shape index (κ3) is 3.53. The van der Waals surface area contributed by atoms with Crippen molar-refractivity contribution >= 4 is 17.7 Å². The number of carbonyl (C=O) groups is 1. The maximum Gasteiger partial charge on any atom is 0.239 e. The predicted molar refractivity (Wildman–Crippen MR) is 79.9 cm³/mol. The minimum absolute atomic E-state index is 0.0598. The zero-order valence-electron chi connectivity index (χ0n) is 11.4. The molecule has 2 N–H and O–H groups in total. The fraction of sp³-hybridized carbons (Fsp3) is 0.533. The van der Waals surface area contributed by atoms with Crippen molar-refractivity contribution < 1.29 is 9.53 Å². The van der Waals surface area contributed by atoms with Crippen molar-refractivity contribution in [3.05, 3.63) is 30.3 Å². The third-order valence-corrected chi connectivity index (χ3v) is 5.20. The van der Waals surface area contributed by atoms with Gasteiger partial charge in [0, 0.05) is 22.7 Å². The molecule has 108 valence electrons. The van der Waals surface area contributed by atoms with Gasteiger partial charge in [0.25, 0.3) is 0 Å². The molecule has 1 heterocycles. The number of thioether (sulfide) groups is 1. The molecule has 3 rings (SSSR count). The molecular weight excluding hydrogens is 272 g/mol. The van der Waals surface area contributed by atoms with E-state index in [1.165, 1.54) is 17.7 Å². The van der Waals surface area contributed by atoms with Crippen LogP contribution >= 0.6 is 11.8 Å². The highest BCUT2D eigenvalue weighted by molar-refractivity contribution is 8.01. The molecule has 0 bridgehead atoms. The fourth-order valence-electron chi connectivity index (χ4n) is 2.30. The number of benzene rings is 1. The number of morpholine rings is 1. The number of rotatable bonds is 5. The summed E-state index contributed by atoms with van der Waals surface area (Å²) in [6.07, 6.45) is 2.34. The van der Waals surface area contributed by atoms with E-state index in [4.69, 9.17) is 4.74 Å². The summed E-state index contributed by atoms with van der Waals surface area (Å²) in [5.74, 6) is 0.0598. The van der Waals surface area contributed by atoms with Gasteiger partial charge in [-0.15, -0.1) is 11.8 Å². The van der Waals surface area contributed by atoms with E-state index in [0.717, 1.165) is 13.1 Å². The molecule has 1 amide bonds. The average Bonchev–Trinajstić information content (AvgIpc) is 3.27. The summed E-state index contributed by atoms with van der Waals surface area (Å²) < 4.78 is 5.52. The Labute approximate surface area is 123 Å². The highest BCUT2D eigenvalue weighted by atomic mass is 32.2. The normalized spacial score (nSPS) is 24.1. The Bertz CT molecular complexity index is 456. The van der Waals surface area contributed by atoms with Crippen molar-refractivity contribution in [2.24, 2.45) is 0 Å². The number of hydrogen-bond acceptors (Lipinski definition) is 4. The van der Waals surface area contributed by atoms with E-state index in [0.29, 0.717) is 13.2 Å². The van der Waals surface area contributed by atoms with E-state index in [2.05, 4.69) is 34.9 Å². The van der Waals surface area contributed by atoms with Crippen molar-refractivity contribution in [2.75, 3.05) is 26.3 Å². The van der Waals surface area contributed by atoms with Crippen LogP contribution in [0.4, 0.5) is 0 Å². The average molecular weight is 292 g/mol. The second kappa shape index (κ2) is 6.16. The van der Waals surface area contributed by atoms with Crippen molar-refractivity contribution in [3.8, 4) is 0 Å². The molecule has 1 saturated heterocycles. The Morgan fingerprint density at radius 1 is 1.40 bits per heavy atom. The Kier molecular flexibility index (Phi) is 4.29. The Morgan fingerprint density at radius 2 is 2.20 bits per heavy atom. The number of amides is 1. The molecule has 2 fully saturated rings. The SMILES string of the molecule is O=C(NCC1(Sc2ccccc2)CC1)[C@@H]1COCCN1. The summed E-state index contributed by atoms with van der Waals surface area (Å²) in [6.45, 7) is 2.66. The minimum Gasteiger partial charge on any atom is -0.378 e. The summed E-state index contributed by atoms with van der Waals surface area (Å²) >= 11 is 1.88. The molecule has 20 heavy (non-hydrogen) atoms. The van der Waals surface area contributed by atoms with Gasteiger partial charge in [-0.2, -0.15) is 0 Å². The van der Waals surface area contributed by atoms with Crippen LogP contribution in [0, 0.1) is 0 Å². The monoisotopic (exact) mass is 292 g/mol. The molecule has 5 heteroatoms. The molecule has 1 aliphatic carbocycles. The van der Waals surface area contributed by atoms with Crippen molar-refractivity contribution in [3.63, 3.8) is 0 Å². The lowest BCUT2D eigenvalue weighted by Crippen LogP contribution is -2.52. The minimum atomic E-state index is -0.193. The largest absolute Gasteiger partial charge is 0.378 e. The summed E-state index contributed by atoms with van der Waals surface area (Å²) in [5, 5.41) is 6.25. The highest BCUT2D eigenvalue weighted by Gasteiger charge is 2.44. The molecule has 2 aliphatic rings. The van der Waals surface area contributed by atoms with Crippen LogP contribution in [0.15, 0.2) is 35.2 Å². The number of nitrogens with one attached hydrogen (secondary N) is 2. The highest BCUT2D eigenvalue weighted by Crippen LogP contribution is 2.51. The lowest BCUT2D eigenvalue weighted by molar-refractivity contribution is -0.125. The van der Waals surface area contributed by atoms with Crippen LogP contribution in [0.5, 0.6) is 0 Å². The molecule has 0 spiro atoms. The Hall–Kier alpha value is -1.04. The van der Waals surface area contributed by atoms with E-state index < -0.39 is 0 Å². The molecule has 0 radical (unpaired) electrons. The van der Waals surface area contributed by atoms with E-state index in [-0.39, 0.29) is 16.7 Å². The molecular formula is C15H20N2O2S. The van der Waals surface area contributed by atoms with Crippen molar-refractivity contribution in [2.45, 2.75) is 28.5 Å². The van der Waals surface area contributed by atoms with Gasteiger partial charge in [0.2, 0.25) is 5.91 Å². The van der Waals surface area contributed by atoms with Crippen LogP contribution in [-0.4, -0.2) is 43.0 Å². The number of hydrogen-bond donors (Lipinski definition) is 2. The van der Waals surface area contributed by atoms with E-state index >= 15 is 0 Å². The lowest BCUT2D eigenvalue weighted by atomic mass is 10.2.